The standard InChI is InChI=1S/C22H17N/c1-2-16-13-14-20-19(15-16)21(17-9-5-3-6-10-17)22(23-20)18-11-7-4-8-12-18/h2-15,23H,1H2. The first-order valence-corrected chi connectivity index (χ1v) is 7.76. The third-order valence-corrected chi connectivity index (χ3v) is 4.18. The van der Waals surface area contributed by atoms with Crippen LogP contribution in [0.4, 0.5) is 0 Å². The Kier molecular flexibility index (Phi) is 3.32. The minimum absolute atomic E-state index is 1.13. The molecule has 23 heavy (non-hydrogen) atoms. The summed E-state index contributed by atoms with van der Waals surface area (Å²) in [6.45, 7) is 3.89. The van der Waals surface area contributed by atoms with Crippen LogP contribution in [0.3, 0.4) is 0 Å². The Labute approximate surface area is 135 Å². The van der Waals surface area contributed by atoms with Crippen LogP contribution in [-0.4, -0.2) is 4.98 Å². The molecule has 110 valence electrons. The number of benzene rings is 3. The topological polar surface area (TPSA) is 15.8 Å². The first kappa shape index (κ1) is 13.6. The maximum absolute atomic E-state index is 3.89. The molecule has 0 bridgehead atoms. The van der Waals surface area contributed by atoms with Gasteiger partial charge in [0.05, 0.1) is 5.69 Å². The number of aromatic nitrogens is 1. The van der Waals surface area contributed by atoms with Gasteiger partial charge in [0.1, 0.15) is 0 Å². The highest BCUT2D eigenvalue weighted by atomic mass is 14.7. The molecule has 0 unspecified atom stereocenters. The number of hydrogen-bond acceptors (Lipinski definition) is 0. The third kappa shape index (κ3) is 2.36. The Morgan fingerprint density at radius 3 is 2.04 bits per heavy atom. The van der Waals surface area contributed by atoms with E-state index < -0.39 is 0 Å². The van der Waals surface area contributed by atoms with E-state index in [1.165, 1.54) is 22.1 Å². The summed E-state index contributed by atoms with van der Waals surface area (Å²) in [5.74, 6) is 0. The summed E-state index contributed by atoms with van der Waals surface area (Å²) < 4.78 is 0. The van der Waals surface area contributed by atoms with E-state index in [2.05, 4.69) is 84.4 Å². The molecule has 0 spiro atoms. The first-order chi connectivity index (χ1) is 11.4. The zero-order valence-corrected chi connectivity index (χ0v) is 12.8. The van der Waals surface area contributed by atoms with Crippen LogP contribution in [0, 0.1) is 0 Å². The van der Waals surface area contributed by atoms with Crippen molar-refractivity contribution in [2.45, 2.75) is 0 Å². The van der Waals surface area contributed by atoms with Gasteiger partial charge in [-0.3, -0.25) is 0 Å². The number of H-pyrrole nitrogens is 1. The number of nitrogens with one attached hydrogen (secondary N) is 1. The van der Waals surface area contributed by atoms with Gasteiger partial charge in [-0.25, -0.2) is 0 Å². The van der Waals surface area contributed by atoms with E-state index in [1.807, 2.05) is 12.1 Å². The van der Waals surface area contributed by atoms with Crippen LogP contribution in [0.15, 0.2) is 85.4 Å². The summed E-state index contributed by atoms with van der Waals surface area (Å²) in [6, 6.07) is 27.5. The largest absolute Gasteiger partial charge is 0.354 e. The third-order valence-electron chi connectivity index (χ3n) is 4.18. The smallest absolute Gasteiger partial charge is 0.0544 e. The van der Waals surface area contributed by atoms with Gasteiger partial charge in [0.25, 0.3) is 0 Å². The van der Waals surface area contributed by atoms with Gasteiger partial charge in [-0.1, -0.05) is 79.4 Å². The van der Waals surface area contributed by atoms with Crippen molar-refractivity contribution in [1.82, 2.24) is 4.98 Å². The molecule has 0 aliphatic carbocycles. The SMILES string of the molecule is C=Cc1ccc2[nH]c(-c3ccccc3)c(-c3ccccc3)c2c1. The number of aromatic amines is 1. The Morgan fingerprint density at radius 1 is 0.739 bits per heavy atom. The van der Waals surface area contributed by atoms with Crippen LogP contribution in [0.5, 0.6) is 0 Å². The van der Waals surface area contributed by atoms with Crippen molar-refractivity contribution in [3.8, 4) is 22.4 Å². The fourth-order valence-corrected chi connectivity index (χ4v) is 3.06. The summed E-state index contributed by atoms with van der Waals surface area (Å²) in [6.07, 6.45) is 1.89. The van der Waals surface area contributed by atoms with Gasteiger partial charge in [0.15, 0.2) is 0 Å². The molecule has 3 aromatic carbocycles. The van der Waals surface area contributed by atoms with Crippen molar-refractivity contribution in [3.63, 3.8) is 0 Å². The second-order valence-electron chi connectivity index (χ2n) is 5.62. The number of rotatable bonds is 3. The van der Waals surface area contributed by atoms with Gasteiger partial charge in [-0.15, -0.1) is 0 Å². The zero-order valence-electron chi connectivity index (χ0n) is 12.8. The van der Waals surface area contributed by atoms with Crippen LogP contribution < -0.4 is 0 Å². The van der Waals surface area contributed by atoms with E-state index >= 15 is 0 Å². The molecule has 0 aliphatic rings. The molecular formula is C22H17N. The van der Waals surface area contributed by atoms with Crippen molar-refractivity contribution in [2.24, 2.45) is 0 Å². The quantitative estimate of drug-likeness (QED) is 0.467. The summed E-state index contributed by atoms with van der Waals surface area (Å²) >= 11 is 0. The summed E-state index contributed by atoms with van der Waals surface area (Å²) in [5, 5.41) is 1.23. The molecule has 0 aliphatic heterocycles. The van der Waals surface area contributed by atoms with Crippen LogP contribution in [0.2, 0.25) is 0 Å². The van der Waals surface area contributed by atoms with Crippen LogP contribution in [-0.2, 0) is 0 Å². The van der Waals surface area contributed by atoms with E-state index in [9.17, 15) is 0 Å². The monoisotopic (exact) mass is 295 g/mol. The van der Waals surface area contributed by atoms with Crippen molar-refractivity contribution < 1.29 is 0 Å². The van der Waals surface area contributed by atoms with E-state index in [1.54, 1.807) is 0 Å². The lowest BCUT2D eigenvalue weighted by Crippen LogP contribution is -1.82. The molecule has 0 amide bonds. The summed E-state index contributed by atoms with van der Waals surface area (Å²) in [7, 11) is 0. The Balaban J connectivity index is 2.08. The minimum atomic E-state index is 1.13. The zero-order chi connectivity index (χ0) is 15.6. The molecule has 4 rings (SSSR count). The van der Waals surface area contributed by atoms with Crippen LogP contribution in [0.25, 0.3) is 39.4 Å². The molecule has 1 aromatic heterocycles. The molecule has 4 aromatic rings. The van der Waals surface area contributed by atoms with Gasteiger partial charge in [-0.2, -0.15) is 0 Å². The minimum Gasteiger partial charge on any atom is -0.354 e. The van der Waals surface area contributed by atoms with Crippen molar-refractivity contribution in [3.05, 3.63) is 91.0 Å². The molecule has 1 nitrogen and oxygen atoms in total. The fraction of sp³-hybridized carbons (Fsp3) is 0. The summed E-state index contributed by atoms with van der Waals surface area (Å²) in [5.41, 5.74) is 7.10. The van der Waals surface area contributed by atoms with E-state index in [0.29, 0.717) is 0 Å². The van der Waals surface area contributed by atoms with Crippen LogP contribution >= 0.6 is 0 Å². The maximum Gasteiger partial charge on any atom is 0.0544 e. The second-order valence-corrected chi connectivity index (χ2v) is 5.62. The molecule has 1 N–H and O–H groups in total. The molecular weight excluding hydrogens is 278 g/mol. The lowest BCUT2D eigenvalue weighted by atomic mass is 9.97. The maximum atomic E-state index is 3.89. The molecule has 1 heterocycles. The fourth-order valence-electron chi connectivity index (χ4n) is 3.06. The normalized spacial score (nSPS) is 10.8. The van der Waals surface area contributed by atoms with Crippen LogP contribution in [0.1, 0.15) is 5.56 Å². The van der Waals surface area contributed by atoms with E-state index in [0.717, 1.165) is 16.8 Å². The predicted molar refractivity (Wildman–Crippen MR) is 99.3 cm³/mol. The average Bonchev–Trinajstić information content (AvgIpc) is 3.01. The highest BCUT2D eigenvalue weighted by Crippen LogP contribution is 2.38. The first-order valence-electron chi connectivity index (χ1n) is 7.76. The summed E-state index contributed by atoms with van der Waals surface area (Å²) in [4.78, 5) is 3.60. The van der Waals surface area contributed by atoms with E-state index in [-0.39, 0.29) is 0 Å². The van der Waals surface area contributed by atoms with Crippen molar-refractivity contribution >= 4 is 17.0 Å². The highest BCUT2D eigenvalue weighted by molar-refractivity contribution is 6.04. The second kappa shape index (κ2) is 5.62. The number of fused-ring (bicyclic) bond motifs is 1. The van der Waals surface area contributed by atoms with Gasteiger partial charge < -0.3 is 4.98 Å². The van der Waals surface area contributed by atoms with Crippen molar-refractivity contribution in [2.75, 3.05) is 0 Å². The van der Waals surface area contributed by atoms with Gasteiger partial charge in [0, 0.05) is 16.5 Å². The van der Waals surface area contributed by atoms with Crippen molar-refractivity contribution in [1.29, 1.82) is 0 Å². The predicted octanol–water partition coefficient (Wildman–Crippen LogP) is 6.14. The van der Waals surface area contributed by atoms with Gasteiger partial charge in [0.2, 0.25) is 0 Å². The molecule has 0 atom stereocenters. The lowest BCUT2D eigenvalue weighted by molar-refractivity contribution is 1.45. The Bertz CT molecular complexity index is 963. The molecule has 0 fully saturated rings. The average molecular weight is 295 g/mol. The van der Waals surface area contributed by atoms with E-state index in [4.69, 9.17) is 0 Å². The molecule has 0 saturated carbocycles. The Hall–Kier alpha value is -3.06. The van der Waals surface area contributed by atoms with Gasteiger partial charge in [-0.05, 0) is 28.8 Å². The molecule has 1 heteroatoms. The Morgan fingerprint density at radius 2 is 1.39 bits per heavy atom. The molecule has 0 radical (unpaired) electrons. The number of hydrogen-bond donors (Lipinski definition) is 1. The molecule has 0 saturated heterocycles. The van der Waals surface area contributed by atoms with Gasteiger partial charge >= 0.3 is 0 Å². The highest BCUT2D eigenvalue weighted by Gasteiger charge is 2.14. The lowest BCUT2D eigenvalue weighted by Gasteiger charge is -2.06.